The summed E-state index contributed by atoms with van der Waals surface area (Å²) in [6.07, 6.45) is 0.607. The van der Waals surface area contributed by atoms with E-state index < -0.39 is 9.84 Å². The Morgan fingerprint density at radius 3 is 2.64 bits per heavy atom. The molecule has 0 atom stereocenters. The molecule has 4 heteroatoms. The van der Waals surface area contributed by atoms with Crippen molar-refractivity contribution in [3.63, 3.8) is 0 Å². The molecule has 0 spiro atoms. The summed E-state index contributed by atoms with van der Waals surface area (Å²) in [6, 6.07) is 7.02. The molecule has 3 nitrogen and oxygen atoms in total. The van der Waals surface area contributed by atoms with Crippen molar-refractivity contribution >= 4 is 15.4 Å². The van der Waals surface area contributed by atoms with Crippen molar-refractivity contribution in [3.8, 4) is 0 Å². The van der Waals surface area contributed by atoms with Gasteiger partial charge in [0, 0.05) is 5.41 Å². The molecule has 0 unspecified atom stereocenters. The molecule has 1 aromatic rings. The summed E-state index contributed by atoms with van der Waals surface area (Å²) >= 11 is 0. The highest BCUT2D eigenvalue weighted by molar-refractivity contribution is 7.95. The van der Waals surface area contributed by atoms with Crippen molar-refractivity contribution in [3.05, 3.63) is 35.2 Å². The van der Waals surface area contributed by atoms with Crippen molar-refractivity contribution < 1.29 is 8.42 Å². The number of benzene rings is 1. The molecule has 1 heterocycles. The molecule has 0 aliphatic carbocycles. The maximum Gasteiger partial charge on any atom is 0.200 e. The van der Waals surface area contributed by atoms with Crippen LogP contribution >= 0.6 is 0 Å². The number of hydrogen-bond donors (Lipinski definition) is 1. The molecule has 2 N–H and O–H groups in total. The summed E-state index contributed by atoms with van der Waals surface area (Å²) in [4.78, 5) is 0.406. The topological polar surface area (TPSA) is 60.2 Å². The minimum Gasteiger partial charge on any atom is -0.330 e. The lowest BCUT2D eigenvalue weighted by Gasteiger charge is -2.01. The average Bonchev–Trinajstić information content (AvgIpc) is 2.41. The highest BCUT2D eigenvalue weighted by Gasteiger charge is 2.25. The minimum absolute atomic E-state index is 0.406. The molecule has 0 saturated carbocycles. The van der Waals surface area contributed by atoms with Crippen molar-refractivity contribution in [2.75, 3.05) is 6.54 Å². The molecule has 1 aromatic carbocycles. The fourth-order valence-electron chi connectivity index (χ4n) is 1.64. The Hall–Kier alpha value is -1.13. The van der Waals surface area contributed by atoms with Gasteiger partial charge < -0.3 is 5.73 Å². The average molecular weight is 209 g/mol. The highest BCUT2D eigenvalue weighted by Crippen LogP contribution is 2.34. The van der Waals surface area contributed by atoms with Gasteiger partial charge in [0.25, 0.3) is 0 Å². The molecule has 0 amide bonds. The highest BCUT2D eigenvalue weighted by atomic mass is 32.2. The third-order valence-corrected chi connectivity index (χ3v) is 3.81. The van der Waals surface area contributed by atoms with Gasteiger partial charge in [0.1, 0.15) is 0 Å². The molecule has 0 aromatic heterocycles. The first kappa shape index (κ1) is 9.43. The third-order valence-electron chi connectivity index (χ3n) is 2.25. The van der Waals surface area contributed by atoms with E-state index in [1.165, 1.54) is 5.41 Å². The minimum atomic E-state index is -3.19. The van der Waals surface area contributed by atoms with E-state index in [1.807, 2.05) is 12.1 Å². The fourth-order valence-corrected chi connectivity index (χ4v) is 3.16. The number of sulfone groups is 1. The summed E-state index contributed by atoms with van der Waals surface area (Å²) in [7, 11) is -3.19. The van der Waals surface area contributed by atoms with E-state index in [2.05, 4.69) is 0 Å². The van der Waals surface area contributed by atoms with E-state index in [0.29, 0.717) is 17.9 Å². The van der Waals surface area contributed by atoms with Crippen molar-refractivity contribution in [1.29, 1.82) is 0 Å². The van der Waals surface area contributed by atoms with Crippen molar-refractivity contribution in [2.24, 2.45) is 5.73 Å². The van der Waals surface area contributed by atoms with Crippen LogP contribution in [0.5, 0.6) is 0 Å². The lowest BCUT2D eigenvalue weighted by Crippen LogP contribution is -1.98. The van der Waals surface area contributed by atoms with Crippen LogP contribution in [0, 0.1) is 0 Å². The number of rotatable bonds is 2. The summed E-state index contributed by atoms with van der Waals surface area (Å²) < 4.78 is 23.2. The van der Waals surface area contributed by atoms with Crippen LogP contribution in [0.2, 0.25) is 0 Å². The lowest BCUT2D eigenvalue weighted by atomic mass is 10.1. The Labute approximate surface area is 83.2 Å². The standard InChI is InChI=1S/C10H11NO2S/c11-6-5-8-7-14(12,13)10-4-2-1-3-9(8)10/h1-4,7H,5-6,11H2. The first-order chi connectivity index (χ1) is 6.65. The lowest BCUT2D eigenvalue weighted by molar-refractivity contribution is 0.605. The van der Waals surface area contributed by atoms with Crippen molar-refractivity contribution in [2.45, 2.75) is 11.3 Å². The summed E-state index contributed by atoms with van der Waals surface area (Å²) in [5.41, 5.74) is 7.04. The van der Waals surface area contributed by atoms with Crippen LogP contribution < -0.4 is 5.73 Å². The Morgan fingerprint density at radius 1 is 1.21 bits per heavy atom. The molecule has 14 heavy (non-hydrogen) atoms. The van der Waals surface area contributed by atoms with E-state index in [0.717, 1.165) is 11.1 Å². The molecule has 74 valence electrons. The van der Waals surface area contributed by atoms with E-state index in [-0.39, 0.29) is 0 Å². The molecule has 2 rings (SSSR count). The van der Waals surface area contributed by atoms with E-state index in [9.17, 15) is 8.42 Å². The van der Waals surface area contributed by atoms with Gasteiger partial charge in [0.2, 0.25) is 9.84 Å². The third kappa shape index (κ3) is 1.36. The zero-order valence-corrected chi connectivity index (χ0v) is 8.42. The summed E-state index contributed by atoms with van der Waals surface area (Å²) in [5.74, 6) is 0. The van der Waals surface area contributed by atoms with Gasteiger partial charge in [-0.3, -0.25) is 0 Å². The van der Waals surface area contributed by atoms with Gasteiger partial charge in [0.05, 0.1) is 4.90 Å². The molecular formula is C10H11NO2S. The smallest absolute Gasteiger partial charge is 0.200 e. The Kier molecular flexibility index (Phi) is 2.17. The number of hydrogen-bond acceptors (Lipinski definition) is 3. The summed E-state index contributed by atoms with van der Waals surface area (Å²) in [5, 5.41) is 1.32. The first-order valence-electron chi connectivity index (χ1n) is 4.40. The summed E-state index contributed by atoms with van der Waals surface area (Å²) in [6.45, 7) is 0.468. The zero-order chi connectivity index (χ0) is 10.2. The largest absolute Gasteiger partial charge is 0.330 e. The van der Waals surface area contributed by atoms with Crippen molar-refractivity contribution in [1.82, 2.24) is 0 Å². The molecule has 0 bridgehead atoms. The van der Waals surface area contributed by atoms with Gasteiger partial charge in [-0.05, 0) is 30.2 Å². The van der Waals surface area contributed by atoms with E-state index >= 15 is 0 Å². The van der Waals surface area contributed by atoms with Gasteiger partial charge in [-0.2, -0.15) is 0 Å². The fraction of sp³-hybridized carbons (Fsp3) is 0.200. The number of fused-ring (bicyclic) bond motifs is 1. The monoisotopic (exact) mass is 209 g/mol. The predicted octanol–water partition coefficient (Wildman–Crippen LogP) is 1.16. The van der Waals surface area contributed by atoms with E-state index in [1.54, 1.807) is 12.1 Å². The Morgan fingerprint density at radius 2 is 1.93 bits per heavy atom. The molecule has 0 fully saturated rings. The van der Waals surface area contributed by atoms with Crippen LogP contribution in [0.15, 0.2) is 34.6 Å². The van der Waals surface area contributed by atoms with Gasteiger partial charge in [-0.25, -0.2) is 8.42 Å². The van der Waals surface area contributed by atoms with Gasteiger partial charge >= 0.3 is 0 Å². The maximum absolute atomic E-state index is 11.6. The van der Waals surface area contributed by atoms with Crippen LogP contribution in [-0.2, 0) is 9.84 Å². The Balaban J connectivity index is 2.61. The second kappa shape index (κ2) is 3.22. The van der Waals surface area contributed by atoms with Crippen LogP contribution in [0.4, 0.5) is 0 Å². The molecular weight excluding hydrogens is 198 g/mol. The van der Waals surface area contributed by atoms with Crippen LogP contribution in [0.25, 0.3) is 5.57 Å². The van der Waals surface area contributed by atoms with Crippen LogP contribution in [0.1, 0.15) is 12.0 Å². The molecule has 1 aliphatic rings. The second-order valence-electron chi connectivity index (χ2n) is 3.22. The van der Waals surface area contributed by atoms with Gasteiger partial charge in [-0.15, -0.1) is 0 Å². The predicted molar refractivity (Wildman–Crippen MR) is 55.3 cm³/mol. The normalized spacial score (nSPS) is 17.6. The maximum atomic E-state index is 11.6. The van der Waals surface area contributed by atoms with Gasteiger partial charge in [-0.1, -0.05) is 18.2 Å². The SMILES string of the molecule is NCCC1=CS(=O)(=O)c2ccccc21. The van der Waals surface area contributed by atoms with Crippen LogP contribution in [0.3, 0.4) is 0 Å². The van der Waals surface area contributed by atoms with Gasteiger partial charge in [0.15, 0.2) is 0 Å². The first-order valence-corrected chi connectivity index (χ1v) is 5.95. The zero-order valence-electron chi connectivity index (χ0n) is 7.60. The molecule has 0 saturated heterocycles. The number of nitrogens with two attached hydrogens (primary N) is 1. The van der Waals surface area contributed by atoms with Crippen LogP contribution in [-0.4, -0.2) is 15.0 Å². The quantitative estimate of drug-likeness (QED) is 0.795. The molecule has 0 radical (unpaired) electrons. The second-order valence-corrected chi connectivity index (χ2v) is 4.99. The molecule has 1 aliphatic heterocycles. The Bertz CT molecular complexity index is 489. The van der Waals surface area contributed by atoms with E-state index in [4.69, 9.17) is 5.73 Å².